The lowest BCUT2D eigenvalue weighted by molar-refractivity contribution is -0.285. The Morgan fingerprint density at radius 2 is 1.64 bits per heavy atom. The zero-order valence-electron chi connectivity index (χ0n) is 7.82. The van der Waals surface area contributed by atoms with E-state index in [1.165, 1.54) is 6.92 Å². The highest BCUT2D eigenvalue weighted by Gasteiger charge is 2.42. The Labute approximate surface area is 81.4 Å². The van der Waals surface area contributed by atoms with E-state index in [1.807, 2.05) is 0 Å². The second-order valence-electron chi connectivity index (χ2n) is 3.62. The van der Waals surface area contributed by atoms with E-state index in [9.17, 15) is 10.2 Å². The number of ether oxygens (including phenoxy) is 1. The van der Waals surface area contributed by atoms with Crippen LogP contribution in [-0.2, 0) is 4.74 Å². The molecule has 0 aliphatic carbocycles. The number of rotatable bonds is 2. The van der Waals surface area contributed by atoms with Crippen molar-refractivity contribution >= 4 is 0 Å². The van der Waals surface area contributed by atoms with Crippen molar-refractivity contribution in [1.82, 2.24) is 0 Å². The highest BCUT2D eigenvalue weighted by Crippen LogP contribution is 2.22. The second-order valence-corrected chi connectivity index (χ2v) is 3.62. The predicted molar refractivity (Wildman–Crippen MR) is 45.2 cm³/mol. The van der Waals surface area contributed by atoms with Gasteiger partial charge in [0.25, 0.3) is 0 Å². The van der Waals surface area contributed by atoms with Gasteiger partial charge in [-0.3, -0.25) is 0 Å². The van der Waals surface area contributed by atoms with Gasteiger partial charge in [-0.05, 0) is 6.92 Å². The summed E-state index contributed by atoms with van der Waals surface area (Å²) in [5.74, 6) is 0. The highest BCUT2D eigenvalue weighted by molar-refractivity contribution is 4.88. The molecule has 14 heavy (non-hydrogen) atoms. The summed E-state index contributed by atoms with van der Waals surface area (Å²) < 4.78 is 4.83. The van der Waals surface area contributed by atoms with Gasteiger partial charge in [0.15, 0.2) is 6.29 Å². The summed E-state index contributed by atoms with van der Waals surface area (Å²) in [5.41, 5.74) is 0. The van der Waals surface area contributed by atoms with Crippen LogP contribution in [0.15, 0.2) is 0 Å². The molecule has 1 heterocycles. The normalized spacial score (nSPS) is 46.3. The molecule has 0 spiro atoms. The maximum absolute atomic E-state index is 9.42. The van der Waals surface area contributed by atoms with Gasteiger partial charge in [0.1, 0.15) is 18.3 Å². The molecule has 6 nitrogen and oxygen atoms in total. The second kappa shape index (κ2) is 4.52. The van der Waals surface area contributed by atoms with Crippen LogP contribution in [0.4, 0.5) is 0 Å². The van der Waals surface area contributed by atoms with Gasteiger partial charge in [-0.15, -0.1) is 0 Å². The van der Waals surface area contributed by atoms with Gasteiger partial charge in [0.2, 0.25) is 0 Å². The molecule has 1 aliphatic heterocycles. The lowest BCUT2D eigenvalue weighted by Crippen LogP contribution is -2.57. The summed E-state index contributed by atoms with van der Waals surface area (Å²) in [4.78, 5) is 0. The fourth-order valence-corrected chi connectivity index (χ4v) is 1.46. The first-order chi connectivity index (χ1) is 6.43. The van der Waals surface area contributed by atoms with Crippen molar-refractivity contribution in [3.05, 3.63) is 0 Å². The zero-order chi connectivity index (χ0) is 10.9. The van der Waals surface area contributed by atoms with Crippen molar-refractivity contribution in [2.45, 2.75) is 50.2 Å². The van der Waals surface area contributed by atoms with Gasteiger partial charge in [-0.2, -0.15) is 0 Å². The SMILES string of the molecule is CC(O)C[C@@H]1O[C@H](O)[C@@H](O)[C@H](O)[C@@H]1O. The maximum atomic E-state index is 9.42. The standard InChI is InChI=1S/C8H16O6/c1-3(9)2-4-5(10)6(11)7(12)8(13)14-4/h3-13H,2H2,1H3/t3?,4-,5+,6+,7-,8-/m0/s1. The molecule has 1 aliphatic rings. The van der Waals surface area contributed by atoms with Gasteiger partial charge in [0.05, 0.1) is 12.2 Å². The van der Waals surface area contributed by atoms with Crippen LogP contribution in [-0.4, -0.2) is 62.3 Å². The third-order valence-electron chi connectivity index (χ3n) is 2.26. The van der Waals surface area contributed by atoms with Crippen LogP contribution in [0.3, 0.4) is 0 Å². The van der Waals surface area contributed by atoms with E-state index in [1.54, 1.807) is 0 Å². The van der Waals surface area contributed by atoms with Gasteiger partial charge in [-0.25, -0.2) is 0 Å². The monoisotopic (exact) mass is 208 g/mol. The molecule has 6 atom stereocenters. The Morgan fingerprint density at radius 1 is 1.07 bits per heavy atom. The topological polar surface area (TPSA) is 110 Å². The molecule has 1 fully saturated rings. The molecule has 0 radical (unpaired) electrons. The Kier molecular flexibility index (Phi) is 3.82. The molecule has 1 unspecified atom stereocenters. The number of aliphatic hydroxyl groups excluding tert-OH is 5. The molecule has 1 rings (SSSR count). The Balaban J connectivity index is 2.60. The summed E-state index contributed by atoms with van der Waals surface area (Å²) in [6, 6.07) is 0. The van der Waals surface area contributed by atoms with Crippen molar-refractivity contribution in [2.75, 3.05) is 0 Å². The minimum absolute atomic E-state index is 0.0853. The first-order valence-electron chi connectivity index (χ1n) is 4.49. The van der Waals surface area contributed by atoms with Crippen LogP contribution in [0.2, 0.25) is 0 Å². The molecule has 84 valence electrons. The van der Waals surface area contributed by atoms with Crippen molar-refractivity contribution < 1.29 is 30.3 Å². The van der Waals surface area contributed by atoms with Crippen LogP contribution in [0, 0.1) is 0 Å². The minimum atomic E-state index is -1.53. The Bertz CT molecular complexity index is 185. The number of hydrogen-bond donors (Lipinski definition) is 5. The fraction of sp³-hybridized carbons (Fsp3) is 1.00. The summed E-state index contributed by atoms with van der Waals surface area (Å²) >= 11 is 0. The van der Waals surface area contributed by atoms with Gasteiger partial charge in [0, 0.05) is 6.42 Å². The highest BCUT2D eigenvalue weighted by atomic mass is 16.6. The molecule has 0 aromatic rings. The van der Waals surface area contributed by atoms with Gasteiger partial charge < -0.3 is 30.3 Å². The van der Waals surface area contributed by atoms with Crippen LogP contribution >= 0.6 is 0 Å². The fourth-order valence-electron chi connectivity index (χ4n) is 1.46. The third-order valence-corrected chi connectivity index (χ3v) is 2.26. The Morgan fingerprint density at radius 3 is 2.14 bits per heavy atom. The van der Waals surface area contributed by atoms with Crippen molar-refractivity contribution in [3.63, 3.8) is 0 Å². The van der Waals surface area contributed by atoms with Crippen LogP contribution in [0.25, 0.3) is 0 Å². The lowest BCUT2D eigenvalue weighted by atomic mass is 9.95. The van der Waals surface area contributed by atoms with E-state index in [0.29, 0.717) is 0 Å². The minimum Gasteiger partial charge on any atom is -0.393 e. The average Bonchev–Trinajstić information content (AvgIpc) is 2.10. The summed E-state index contributed by atoms with van der Waals surface area (Å²) in [6.07, 6.45) is -7.31. The smallest absolute Gasteiger partial charge is 0.183 e. The third kappa shape index (κ3) is 2.41. The maximum Gasteiger partial charge on any atom is 0.183 e. The van der Waals surface area contributed by atoms with E-state index in [2.05, 4.69) is 0 Å². The predicted octanol–water partition coefficient (Wildman–Crippen LogP) is -2.44. The molecular formula is C8H16O6. The van der Waals surface area contributed by atoms with Gasteiger partial charge >= 0.3 is 0 Å². The van der Waals surface area contributed by atoms with Crippen LogP contribution in [0.1, 0.15) is 13.3 Å². The van der Waals surface area contributed by atoms with Crippen molar-refractivity contribution in [1.29, 1.82) is 0 Å². The molecular weight excluding hydrogens is 192 g/mol. The Hall–Kier alpha value is -0.240. The molecule has 1 saturated heterocycles. The quantitative estimate of drug-likeness (QED) is 0.345. The summed E-state index contributed by atoms with van der Waals surface area (Å²) in [7, 11) is 0. The van der Waals surface area contributed by atoms with E-state index >= 15 is 0 Å². The van der Waals surface area contributed by atoms with E-state index < -0.39 is 36.8 Å². The lowest BCUT2D eigenvalue weighted by Gasteiger charge is -2.38. The first-order valence-corrected chi connectivity index (χ1v) is 4.49. The molecule has 5 N–H and O–H groups in total. The summed E-state index contributed by atoms with van der Waals surface area (Å²) in [6.45, 7) is 1.50. The molecule has 0 saturated carbocycles. The molecule has 6 heteroatoms. The van der Waals surface area contributed by atoms with E-state index in [0.717, 1.165) is 0 Å². The van der Waals surface area contributed by atoms with Crippen LogP contribution < -0.4 is 0 Å². The van der Waals surface area contributed by atoms with Crippen LogP contribution in [0.5, 0.6) is 0 Å². The van der Waals surface area contributed by atoms with Crippen molar-refractivity contribution in [3.8, 4) is 0 Å². The largest absolute Gasteiger partial charge is 0.393 e. The van der Waals surface area contributed by atoms with Crippen molar-refractivity contribution in [2.24, 2.45) is 0 Å². The number of hydrogen-bond acceptors (Lipinski definition) is 6. The summed E-state index contributed by atoms with van der Waals surface area (Å²) in [5, 5.41) is 46.0. The number of aliphatic hydroxyl groups is 5. The first kappa shape index (κ1) is 11.8. The average molecular weight is 208 g/mol. The molecule has 0 aromatic carbocycles. The van der Waals surface area contributed by atoms with E-state index in [-0.39, 0.29) is 6.42 Å². The molecule has 0 amide bonds. The van der Waals surface area contributed by atoms with Gasteiger partial charge in [-0.1, -0.05) is 0 Å². The molecule has 0 bridgehead atoms. The molecule has 0 aromatic heterocycles. The van der Waals surface area contributed by atoms with E-state index in [4.69, 9.17) is 20.1 Å². The zero-order valence-corrected chi connectivity index (χ0v) is 7.82.